The third-order valence-corrected chi connectivity index (χ3v) is 3.98. The third-order valence-electron chi connectivity index (χ3n) is 3.20. The molecule has 1 heterocycles. The van der Waals surface area contributed by atoms with E-state index in [-0.39, 0.29) is 30.4 Å². The highest BCUT2D eigenvalue weighted by Gasteiger charge is 2.32. The van der Waals surface area contributed by atoms with Gasteiger partial charge in [-0.1, -0.05) is 0 Å². The van der Waals surface area contributed by atoms with Gasteiger partial charge in [-0.05, 0) is 33.1 Å². The second-order valence-corrected chi connectivity index (χ2v) is 6.85. The van der Waals surface area contributed by atoms with Crippen molar-refractivity contribution in [2.75, 3.05) is 12.8 Å². The number of amides is 1. The summed E-state index contributed by atoms with van der Waals surface area (Å²) < 4.78 is 24.6. The largest absolute Gasteiger partial charge is 0.337 e. The molecule has 3 unspecified atom stereocenters. The third kappa shape index (κ3) is 5.64. The van der Waals surface area contributed by atoms with Crippen molar-refractivity contribution < 1.29 is 13.2 Å². The molecule has 0 saturated carbocycles. The Labute approximate surface area is 121 Å². The highest BCUT2D eigenvalue weighted by Crippen LogP contribution is 2.19. The van der Waals surface area contributed by atoms with Gasteiger partial charge in [0.05, 0.1) is 12.3 Å². The highest BCUT2D eigenvalue weighted by molar-refractivity contribution is 7.88. The van der Waals surface area contributed by atoms with Gasteiger partial charge in [-0.15, -0.1) is 12.4 Å². The summed E-state index contributed by atoms with van der Waals surface area (Å²) in [5, 5.41) is 0. The number of hydrogen-bond donors (Lipinski definition) is 2. The molecule has 0 bridgehead atoms. The van der Waals surface area contributed by atoms with Gasteiger partial charge >= 0.3 is 0 Å². The maximum atomic E-state index is 12.2. The van der Waals surface area contributed by atoms with Gasteiger partial charge < -0.3 is 10.6 Å². The van der Waals surface area contributed by atoms with E-state index in [9.17, 15) is 13.2 Å². The Balaban J connectivity index is 0.00000324. The van der Waals surface area contributed by atoms with Crippen LogP contribution in [0, 0.1) is 0 Å². The van der Waals surface area contributed by atoms with E-state index >= 15 is 0 Å². The first-order valence-corrected chi connectivity index (χ1v) is 8.15. The number of nitrogens with one attached hydrogen (secondary N) is 1. The summed E-state index contributed by atoms with van der Waals surface area (Å²) in [6.07, 6.45) is 3.94. The van der Waals surface area contributed by atoms with E-state index < -0.39 is 16.1 Å². The summed E-state index contributed by atoms with van der Waals surface area (Å²) in [4.78, 5) is 14.0. The summed E-state index contributed by atoms with van der Waals surface area (Å²) in [5.74, 6) is -0.192. The molecule has 0 aromatic heterocycles. The Morgan fingerprint density at radius 3 is 2.42 bits per heavy atom. The van der Waals surface area contributed by atoms with E-state index in [0.29, 0.717) is 6.54 Å². The smallest absolute Gasteiger partial charge is 0.240 e. The van der Waals surface area contributed by atoms with Crippen LogP contribution in [0.1, 0.15) is 33.1 Å². The quantitative estimate of drug-likeness (QED) is 0.768. The minimum atomic E-state index is -3.37. The molecule has 3 atom stereocenters. The van der Waals surface area contributed by atoms with Crippen molar-refractivity contribution in [2.24, 2.45) is 5.73 Å². The van der Waals surface area contributed by atoms with Gasteiger partial charge in [0.1, 0.15) is 0 Å². The summed E-state index contributed by atoms with van der Waals surface area (Å²) in [5.41, 5.74) is 5.89. The van der Waals surface area contributed by atoms with Gasteiger partial charge in [-0.3, -0.25) is 4.79 Å². The lowest BCUT2D eigenvalue weighted by molar-refractivity contribution is -0.136. The Hall–Kier alpha value is -0.370. The maximum Gasteiger partial charge on any atom is 0.240 e. The van der Waals surface area contributed by atoms with E-state index in [1.165, 1.54) is 0 Å². The average Bonchev–Trinajstić information content (AvgIpc) is 2.25. The molecule has 8 heteroatoms. The lowest BCUT2D eigenvalue weighted by Gasteiger charge is -2.39. The second-order valence-electron chi connectivity index (χ2n) is 5.07. The van der Waals surface area contributed by atoms with E-state index in [1.807, 2.05) is 6.92 Å². The number of halogens is 1. The monoisotopic (exact) mass is 313 g/mol. The van der Waals surface area contributed by atoms with Crippen molar-refractivity contribution in [2.45, 2.75) is 51.2 Å². The zero-order valence-corrected chi connectivity index (χ0v) is 13.3. The predicted octanol–water partition coefficient (Wildman–Crippen LogP) is 0.0742. The van der Waals surface area contributed by atoms with Gasteiger partial charge in [0.2, 0.25) is 15.9 Å². The van der Waals surface area contributed by atoms with Crippen LogP contribution >= 0.6 is 12.4 Å². The number of nitrogens with zero attached hydrogens (tertiary/aromatic N) is 1. The number of nitrogens with two attached hydrogens (primary N) is 1. The van der Waals surface area contributed by atoms with E-state index in [0.717, 1.165) is 25.5 Å². The number of carbonyl (C=O) groups excluding carboxylic acids is 1. The van der Waals surface area contributed by atoms with Gasteiger partial charge in [0, 0.05) is 18.6 Å². The molecule has 0 aromatic rings. The van der Waals surface area contributed by atoms with Crippen LogP contribution in [-0.4, -0.2) is 50.2 Å². The van der Waals surface area contributed by atoms with Gasteiger partial charge in [-0.25, -0.2) is 13.1 Å². The molecule has 3 N–H and O–H groups in total. The molecule has 0 spiro atoms. The predicted molar refractivity (Wildman–Crippen MR) is 77.7 cm³/mol. The lowest BCUT2D eigenvalue weighted by atomic mass is 9.96. The maximum absolute atomic E-state index is 12.2. The van der Waals surface area contributed by atoms with Crippen molar-refractivity contribution in [1.82, 2.24) is 9.62 Å². The molecule has 0 radical (unpaired) electrons. The summed E-state index contributed by atoms with van der Waals surface area (Å²) in [6.45, 7) is 4.10. The SMILES string of the molecule is CC(NS(C)(=O)=O)C(=O)N1CCCCC1C(C)N.Cl. The summed E-state index contributed by atoms with van der Waals surface area (Å²) >= 11 is 0. The van der Waals surface area contributed by atoms with E-state index in [4.69, 9.17) is 5.73 Å². The Morgan fingerprint density at radius 2 is 1.95 bits per heavy atom. The second kappa shape index (κ2) is 7.42. The fraction of sp³-hybridized carbons (Fsp3) is 0.909. The minimum absolute atomic E-state index is 0. The molecule has 0 aromatic carbocycles. The Kier molecular flexibility index (Phi) is 7.28. The van der Waals surface area contributed by atoms with Gasteiger partial charge in [-0.2, -0.15) is 0 Å². The summed E-state index contributed by atoms with van der Waals surface area (Å²) in [7, 11) is -3.37. The van der Waals surface area contributed by atoms with Crippen molar-refractivity contribution >= 4 is 28.3 Å². The zero-order chi connectivity index (χ0) is 13.9. The first-order chi connectivity index (χ1) is 8.22. The Bertz CT molecular complexity index is 400. The van der Waals surface area contributed by atoms with Crippen molar-refractivity contribution in [1.29, 1.82) is 0 Å². The van der Waals surface area contributed by atoms with E-state index in [2.05, 4.69) is 4.72 Å². The standard InChI is InChI=1S/C11H23N3O3S.ClH/c1-8(12)10-6-4-5-7-14(10)11(15)9(2)13-18(3,16)17;/h8-10,13H,4-7,12H2,1-3H3;1H. The minimum Gasteiger partial charge on any atom is -0.337 e. The molecular weight excluding hydrogens is 290 g/mol. The first-order valence-electron chi connectivity index (χ1n) is 6.25. The molecule has 1 amide bonds. The van der Waals surface area contributed by atoms with E-state index in [1.54, 1.807) is 11.8 Å². The molecule has 19 heavy (non-hydrogen) atoms. The number of likely N-dealkylation sites (tertiary alicyclic amines) is 1. The molecular formula is C11H24ClN3O3S. The first kappa shape index (κ1) is 18.6. The molecule has 1 saturated heterocycles. The number of piperidine rings is 1. The van der Waals surface area contributed by atoms with Crippen LogP contribution in [0.5, 0.6) is 0 Å². The van der Waals surface area contributed by atoms with Crippen LogP contribution in [0.15, 0.2) is 0 Å². The van der Waals surface area contributed by atoms with Crippen LogP contribution in [-0.2, 0) is 14.8 Å². The number of sulfonamides is 1. The molecule has 114 valence electrons. The fourth-order valence-corrected chi connectivity index (χ4v) is 3.14. The van der Waals surface area contributed by atoms with Crippen molar-refractivity contribution in [3.63, 3.8) is 0 Å². The molecule has 1 fully saturated rings. The molecule has 6 nitrogen and oxygen atoms in total. The van der Waals surface area contributed by atoms with Crippen LogP contribution in [0.2, 0.25) is 0 Å². The lowest BCUT2D eigenvalue weighted by Crippen LogP contribution is -2.56. The molecule has 0 aliphatic carbocycles. The van der Waals surface area contributed by atoms with Crippen LogP contribution in [0.4, 0.5) is 0 Å². The van der Waals surface area contributed by atoms with Crippen molar-refractivity contribution in [3.8, 4) is 0 Å². The molecule has 1 aliphatic rings. The topological polar surface area (TPSA) is 92.5 Å². The number of rotatable bonds is 4. The molecule has 1 rings (SSSR count). The molecule has 1 aliphatic heterocycles. The number of carbonyl (C=O) groups is 1. The normalized spacial score (nSPS) is 23.4. The van der Waals surface area contributed by atoms with Crippen molar-refractivity contribution in [3.05, 3.63) is 0 Å². The van der Waals surface area contributed by atoms with Gasteiger partial charge in [0.15, 0.2) is 0 Å². The van der Waals surface area contributed by atoms with Gasteiger partial charge in [0.25, 0.3) is 0 Å². The average molecular weight is 314 g/mol. The zero-order valence-electron chi connectivity index (χ0n) is 11.6. The Morgan fingerprint density at radius 1 is 1.37 bits per heavy atom. The highest BCUT2D eigenvalue weighted by atomic mass is 35.5. The van der Waals surface area contributed by atoms with Crippen LogP contribution < -0.4 is 10.5 Å². The van der Waals surface area contributed by atoms with Crippen LogP contribution in [0.25, 0.3) is 0 Å². The van der Waals surface area contributed by atoms with Crippen LogP contribution in [0.3, 0.4) is 0 Å². The summed E-state index contributed by atoms with van der Waals surface area (Å²) in [6, 6.07) is -0.825. The number of hydrogen-bond acceptors (Lipinski definition) is 4. The fourth-order valence-electron chi connectivity index (χ4n) is 2.40.